The number of nitrogens with two attached hydrogens (primary N) is 1. The Morgan fingerprint density at radius 1 is 1.35 bits per heavy atom. The summed E-state index contributed by atoms with van der Waals surface area (Å²) >= 11 is 0. The van der Waals surface area contributed by atoms with E-state index in [-0.39, 0.29) is 0 Å². The number of aliphatic hydroxyl groups is 1. The Labute approximate surface area is 104 Å². The van der Waals surface area contributed by atoms with Gasteiger partial charge < -0.3 is 15.7 Å². The van der Waals surface area contributed by atoms with Gasteiger partial charge in [0.2, 0.25) is 0 Å². The van der Waals surface area contributed by atoms with E-state index in [2.05, 4.69) is 18.9 Å². The maximum absolute atomic E-state index is 10.0. The number of hydrogen-bond donors (Lipinski definition) is 2. The van der Waals surface area contributed by atoms with Crippen molar-refractivity contribution in [3.8, 4) is 0 Å². The fourth-order valence-electron chi connectivity index (χ4n) is 1.82. The average molecular weight is 236 g/mol. The molecule has 0 aromatic heterocycles. The maximum atomic E-state index is 10.0. The number of benzene rings is 1. The average Bonchev–Trinajstić information content (AvgIpc) is 2.33. The zero-order valence-corrected chi connectivity index (χ0v) is 10.9. The molecule has 1 aromatic carbocycles. The maximum Gasteiger partial charge on any atom is 0.0803 e. The van der Waals surface area contributed by atoms with Crippen molar-refractivity contribution in [2.45, 2.75) is 32.3 Å². The van der Waals surface area contributed by atoms with Crippen molar-refractivity contribution in [2.24, 2.45) is 0 Å². The highest BCUT2D eigenvalue weighted by Gasteiger charge is 2.08. The van der Waals surface area contributed by atoms with Crippen molar-refractivity contribution in [2.75, 3.05) is 25.9 Å². The van der Waals surface area contributed by atoms with Crippen LogP contribution in [0.5, 0.6) is 0 Å². The van der Waals surface area contributed by atoms with E-state index in [9.17, 15) is 5.11 Å². The van der Waals surface area contributed by atoms with Crippen LogP contribution in [0.15, 0.2) is 24.3 Å². The van der Waals surface area contributed by atoms with Crippen LogP contribution in [-0.4, -0.2) is 30.1 Å². The smallest absolute Gasteiger partial charge is 0.0803 e. The van der Waals surface area contributed by atoms with Gasteiger partial charge in [0.15, 0.2) is 0 Å². The first-order chi connectivity index (χ1) is 8.13. The van der Waals surface area contributed by atoms with Crippen LogP contribution >= 0.6 is 0 Å². The van der Waals surface area contributed by atoms with Crippen LogP contribution in [0.1, 0.15) is 37.9 Å². The Bertz CT molecular complexity index is 328. The van der Waals surface area contributed by atoms with Crippen LogP contribution in [0.25, 0.3) is 0 Å². The SMILES string of the molecule is CCCCN(C)CCC(O)c1cccc(N)c1. The van der Waals surface area contributed by atoms with E-state index < -0.39 is 6.10 Å². The molecule has 1 aromatic rings. The molecular formula is C14H24N2O. The van der Waals surface area contributed by atoms with Crippen LogP contribution in [-0.2, 0) is 0 Å². The molecule has 0 saturated heterocycles. The molecule has 0 bridgehead atoms. The first-order valence-electron chi connectivity index (χ1n) is 6.35. The van der Waals surface area contributed by atoms with Gasteiger partial charge in [-0.15, -0.1) is 0 Å². The molecule has 0 heterocycles. The van der Waals surface area contributed by atoms with Gasteiger partial charge in [-0.1, -0.05) is 25.5 Å². The van der Waals surface area contributed by atoms with Gasteiger partial charge >= 0.3 is 0 Å². The molecular weight excluding hydrogens is 212 g/mol. The van der Waals surface area contributed by atoms with Gasteiger partial charge in [0.1, 0.15) is 0 Å². The van der Waals surface area contributed by atoms with Crippen molar-refractivity contribution in [1.82, 2.24) is 4.90 Å². The molecule has 17 heavy (non-hydrogen) atoms. The lowest BCUT2D eigenvalue weighted by molar-refractivity contribution is 0.149. The molecule has 0 saturated carbocycles. The Kier molecular flexibility index (Phi) is 6.01. The second-order valence-electron chi connectivity index (χ2n) is 4.63. The van der Waals surface area contributed by atoms with Gasteiger partial charge in [-0.3, -0.25) is 0 Å². The minimum atomic E-state index is -0.414. The standard InChI is InChI=1S/C14H24N2O/c1-3-4-9-16(2)10-8-14(17)12-6-5-7-13(15)11-12/h5-7,11,14,17H,3-4,8-10,15H2,1-2H3. The first-order valence-corrected chi connectivity index (χ1v) is 6.35. The first kappa shape index (κ1) is 14.0. The number of anilines is 1. The molecule has 1 atom stereocenters. The zero-order valence-electron chi connectivity index (χ0n) is 10.9. The molecule has 0 fully saturated rings. The molecule has 1 rings (SSSR count). The molecule has 0 spiro atoms. The van der Waals surface area contributed by atoms with E-state index >= 15 is 0 Å². The molecule has 0 amide bonds. The van der Waals surface area contributed by atoms with Crippen LogP contribution in [0, 0.1) is 0 Å². The van der Waals surface area contributed by atoms with Crippen molar-refractivity contribution in [1.29, 1.82) is 0 Å². The van der Waals surface area contributed by atoms with E-state index in [0.717, 1.165) is 25.1 Å². The van der Waals surface area contributed by atoms with E-state index in [1.807, 2.05) is 24.3 Å². The minimum absolute atomic E-state index is 0.414. The third-order valence-corrected chi connectivity index (χ3v) is 2.97. The Morgan fingerprint density at radius 2 is 2.12 bits per heavy atom. The normalized spacial score (nSPS) is 12.9. The van der Waals surface area contributed by atoms with Crippen molar-refractivity contribution < 1.29 is 5.11 Å². The molecule has 96 valence electrons. The highest BCUT2D eigenvalue weighted by atomic mass is 16.3. The van der Waals surface area contributed by atoms with Crippen molar-refractivity contribution in [3.05, 3.63) is 29.8 Å². The molecule has 0 aliphatic carbocycles. The van der Waals surface area contributed by atoms with E-state index in [1.165, 1.54) is 12.8 Å². The third-order valence-electron chi connectivity index (χ3n) is 2.97. The number of nitrogen functional groups attached to an aromatic ring is 1. The van der Waals surface area contributed by atoms with Crippen molar-refractivity contribution >= 4 is 5.69 Å². The van der Waals surface area contributed by atoms with Gasteiger partial charge in [-0.2, -0.15) is 0 Å². The highest BCUT2D eigenvalue weighted by Crippen LogP contribution is 2.18. The second kappa shape index (κ2) is 7.30. The van der Waals surface area contributed by atoms with E-state index in [0.29, 0.717) is 5.69 Å². The topological polar surface area (TPSA) is 49.5 Å². The number of hydrogen-bond acceptors (Lipinski definition) is 3. The number of unbranched alkanes of at least 4 members (excludes halogenated alkanes) is 1. The summed E-state index contributed by atoms with van der Waals surface area (Å²) in [5.41, 5.74) is 7.32. The quantitative estimate of drug-likeness (QED) is 0.715. The summed E-state index contributed by atoms with van der Waals surface area (Å²) < 4.78 is 0. The summed E-state index contributed by atoms with van der Waals surface area (Å²) in [6.07, 6.45) is 2.76. The number of aliphatic hydroxyl groups excluding tert-OH is 1. The zero-order chi connectivity index (χ0) is 12.7. The van der Waals surface area contributed by atoms with Crippen LogP contribution < -0.4 is 5.73 Å². The summed E-state index contributed by atoms with van der Waals surface area (Å²) in [6, 6.07) is 7.49. The lowest BCUT2D eigenvalue weighted by Gasteiger charge is -2.18. The molecule has 3 N–H and O–H groups in total. The van der Waals surface area contributed by atoms with E-state index in [1.54, 1.807) is 0 Å². The summed E-state index contributed by atoms with van der Waals surface area (Å²) in [5.74, 6) is 0. The number of nitrogens with zero attached hydrogens (tertiary/aromatic N) is 1. The number of rotatable bonds is 7. The molecule has 3 nitrogen and oxygen atoms in total. The minimum Gasteiger partial charge on any atom is -0.399 e. The van der Waals surface area contributed by atoms with Gasteiger partial charge in [-0.25, -0.2) is 0 Å². The van der Waals surface area contributed by atoms with Gasteiger partial charge in [0.25, 0.3) is 0 Å². The lowest BCUT2D eigenvalue weighted by atomic mass is 10.1. The van der Waals surface area contributed by atoms with Crippen LogP contribution in [0.4, 0.5) is 5.69 Å². The fourth-order valence-corrected chi connectivity index (χ4v) is 1.82. The van der Waals surface area contributed by atoms with Gasteiger partial charge in [0.05, 0.1) is 6.10 Å². The van der Waals surface area contributed by atoms with Crippen LogP contribution in [0.2, 0.25) is 0 Å². The Balaban J connectivity index is 2.36. The monoisotopic (exact) mass is 236 g/mol. The van der Waals surface area contributed by atoms with Gasteiger partial charge in [-0.05, 0) is 44.1 Å². The highest BCUT2D eigenvalue weighted by molar-refractivity contribution is 5.41. The van der Waals surface area contributed by atoms with Gasteiger partial charge in [0, 0.05) is 12.2 Å². The predicted molar refractivity (Wildman–Crippen MR) is 72.8 cm³/mol. The summed E-state index contributed by atoms with van der Waals surface area (Å²) in [4.78, 5) is 2.26. The molecule has 0 aliphatic rings. The van der Waals surface area contributed by atoms with Crippen molar-refractivity contribution in [3.63, 3.8) is 0 Å². The Hall–Kier alpha value is -1.06. The third kappa shape index (κ3) is 5.20. The predicted octanol–water partition coefficient (Wildman–Crippen LogP) is 2.42. The van der Waals surface area contributed by atoms with E-state index in [4.69, 9.17) is 5.73 Å². The molecule has 0 radical (unpaired) electrons. The summed E-state index contributed by atoms with van der Waals surface area (Å²) in [5, 5.41) is 10.0. The molecule has 3 heteroatoms. The summed E-state index contributed by atoms with van der Waals surface area (Å²) in [7, 11) is 2.10. The largest absolute Gasteiger partial charge is 0.399 e. The summed E-state index contributed by atoms with van der Waals surface area (Å²) in [6.45, 7) is 4.20. The lowest BCUT2D eigenvalue weighted by Crippen LogP contribution is -2.22. The fraction of sp³-hybridized carbons (Fsp3) is 0.571. The van der Waals surface area contributed by atoms with Crippen LogP contribution in [0.3, 0.4) is 0 Å². The molecule has 0 aliphatic heterocycles. The molecule has 1 unspecified atom stereocenters. The second-order valence-corrected chi connectivity index (χ2v) is 4.63. The Morgan fingerprint density at radius 3 is 2.76 bits per heavy atom.